The van der Waals surface area contributed by atoms with Gasteiger partial charge in [0.2, 0.25) is 0 Å². The molecule has 0 saturated heterocycles. The van der Waals surface area contributed by atoms with Crippen LogP contribution < -0.4 is 0 Å². The van der Waals surface area contributed by atoms with E-state index in [4.69, 9.17) is 0 Å². The molecule has 0 aliphatic heterocycles. The summed E-state index contributed by atoms with van der Waals surface area (Å²) in [5, 5.41) is 0. The van der Waals surface area contributed by atoms with Crippen molar-refractivity contribution in [1.82, 2.24) is 0 Å². The van der Waals surface area contributed by atoms with E-state index in [0.717, 1.165) is 18.4 Å². The zero-order valence-electron chi connectivity index (χ0n) is 9.52. The van der Waals surface area contributed by atoms with E-state index in [0.29, 0.717) is 18.2 Å². The van der Waals surface area contributed by atoms with Crippen LogP contribution in [0, 0.1) is 11.8 Å². The first-order valence-corrected chi connectivity index (χ1v) is 5.10. The summed E-state index contributed by atoms with van der Waals surface area (Å²) in [6, 6.07) is 0. The maximum absolute atomic E-state index is 11.9. The Morgan fingerprint density at radius 1 is 1.21 bits per heavy atom. The fraction of sp³-hybridized carbons (Fsp3) is 0.538. The van der Waals surface area contributed by atoms with Crippen molar-refractivity contribution in [2.45, 2.75) is 33.6 Å². The van der Waals surface area contributed by atoms with Crippen molar-refractivity contribution in [1.29, 1.82) is 0 Å². The molecule has 0 aromatic carbocycles. The van der Waals surface area contributed by atoms with Gasteiger partial charge in [0.15, 0.2) is 0 Å². The molecule has 0 aromatic rings. The molecule has 0 bridgehead atoms. The third-order valence-electron chi connectivity index (χ3n) is 2.78. The lowest BCUT2D eigenvalue weighted by Gasteiger charge is -2.15. The van der Waals surface area contributed by atoms with Gasteiger partial charge >= 0.3 is 0 Å². The molecule has 0 radical (unpaired) electrons. The SMILES string of the molecule is C=C(C)C(C)CCC(C)C(=C)/C=C/F. The molecule has 0 aliphatic carbocycles. The molecular formula is C13H21F. The van der Waals surface area contributed by atoms with Crippen molar-refractivity contribution in [2.24, 2.45) is 11.8 Å². The highest BCUT2D eigenvalue weighted by Crippen LogP contribution is 2.22. The molecule has 0 fully saturated rings. The van der Waals surface area contributed by atoms with Gasteiger partial charge < -0.3 is 0 Å². The standard InChI is InChI=1S/C13H21F/c1-10(2)11(3)6-7-12(4)13(5)8-9-14/h8-9,11-12H,1,5-7H2,2-4H3/b9-8+. The molecule has 0 amide bonds. The third-order valence-corrected chi connectivity index (χ3v) is 2.78. The lowest BCUT2D eigenvalue weighted by molar-refractivity contribution is 0.510. The van der Waals surface area contributed by atoms with E-state index in [-0.39, 0.29) is 0 Å². The fourth-order valence-corrected chi connectivity index (χ4v) is 1.18. The Hall–Kier alpha value is -0.850. The Morgan fingerprint density at radius 2 is 1.71 bits per heavy atom. The maximum atomic E-state index is 11.9. The quantitative estimate of drug-likeness (QED) is 0.428. The number of hydrogen-bond donors (Lipinski definition) is 0. The zero-order chi connectivity index (χ0) is 11.1. The molecule has 14 heavy (non-hydrogen) atoms. The van der Waals surface area contributed by atoms with Crippen LogP contribution in [0.15, 0.2) is 36.7 Å². The summed E-state index contributed by atoms with van der Waals surface area (Å²) in [5.41, 5.74) is 2.07. The van der Waals surface area contributed by atoms with Crippen LogP contribution >= 0.6 is 0 Å². The Kier molecular flexibility index (Phi) is 6.18. The van der Waals surface area contributed by atoms with Crippen LogP contribution in [0.25, 0.3) is 0 Å². The summed E-state index contributed by atoms with van der Waals surface area (Å²) in [6.07, 6.45) is 4.13. The van der Waals surface area contributed by atoms with Gasteiger partial charge in [0.1, 0.15) is 0 Å². The Morgan fingerprint density at radius 3 is 2.14 bits per heavy atom. The lowest BCUT2D eigenvalue weighted by Crippen LogP contribution is -2.02. The second-order valence-electron chi connectivity index (χ2n) is 4.09. The average Bonchev–Trinajstić information content (AvgIpc) is 2.13. The van der Waals surface area contributed by atoms with Crippen LogP contribution in [0.5, 0.6) is 0 Å². The van der Waals surface area contributed by atoms with Gasteiger partial charge in [0, 0.05) is 0 Å². The van der Waals surface area contributed by atoms with Gasteiger partial charge in [0.25, 0.3) is 0 Å². The summed E-state index contributed by atoms with van der Waals surface area (Å²) in [7, 11) is 0. The molecule has 2 atom stereocenters. The van der Waals surface area contributed by atoms with Gasteiger partial charge in [-0.15, -0.1) is 0 Å². The minimum absolute atomic E-state index is 0.351. The third kappa shape index (κ3) is 5.00. The first-order valence-electron chi connectivity index (χ1n) is 5.10. The van der Waals surface area contributed by atoms with E-state index in [2.05, 4.69) is 27.0 Å². The predicted octanol–water partition coefficient (Wildman–Crippen LogP) is 4.65. The van der Waals surface area contributed by atoms with Crippen LogP contribution in [0.1, 0.15) is 33.6 Å². The maximum Gasteiger partial charge on any atom is 0.0869 e. The smallest absolute Gasteiger partial charge is 0.0869 e. The molecular weight excluding hydrogens is 175 g/mol. The molecule has 0 aromatic heterocycles. The van der Waals surface area contributed by atoms with Gasteiger partial charge in [-0.2, -0.15) is 0 Å². The van der Waals surface area contributed by atoms with Crippen LogP contribution in [-0.4, -0.2) is 0 Å². The first-order chi connectivity index (χ1) is 6.49. The lowest BCUT2D eigenvalue weighted by atomic mass is 9.90. The average molecular weight is 196 g/mol. The highest BCUT2D eigenvalue weighted by atomic mass is 19.1. The second kappa shape index (κ2) is 6.58. The van der Waals surface area contributed by atoms with Crippen molar-refractivity contribution >= 4 is 0 Å². The molecule has 0 rings (SSSR count). The topological polar surface area (TPSA) is 0 Å². The van der Waals surface area contributed by atoms with Crippen molar-refractivity contribution in [3.63, 3.8) is 0 Å². The molecule has 2 unspecified atom stereocenters. The second-order valence-corrected chi connectivity index (χ2v) is 4.09. The van der Waals surface area contributed by atoms with Gasteiger partial charge in [-0.3, -0.25) is 0 Å². The van der Waals surface area contributed by atoms with Gasteiger partial charge in [0.05, 0.1) is 6.33 Å². The van der Waals surface area contributed by atoms with Crippen LogP contribution in [0.2, 0.25) is 0 Å². The normalized spacial score (nSPS) is 15.4. The Labute approximate surface area is 87.2 Å². The number of allylic oxidation sites excluding steroid dienone is 3. The molecule has 0 spiro atoms. The summed E-state index contributed by atoms with van der Waals surface area (Å²) in [6.45, 7) is 14.0. The van der Waals surface area contributed by atoms with E-state index in [1.54, 1.807) is 0 Å². The summed E-state index contributed by atoms with van der Waals surface area (Å²) < 4.78 is 11.9. The van der Waals surface area contributed by atoms with E-state index in [9.17, 15) is 4.39 Å². The van der Waals surface area contributed by atoms with Crippen molar-refractivity contribution in [3.8, 4) is 0 Å². The molecule has 1 heteroatoms. The Balaban J connectivity index is 3.90. The minimum atomic E-state index is 0.351. The molecule has 0 nitrogen and oxygen atoms in total. The van der Waals surface area contributed by atoms with Gasteiger partial charge in [-0.05, 0) is 37.7 Å². The van der Waals surface area contributed by atoms with Crippen LogP contribution in [-0.2, 0) is 0 Å². The first kappa shape index (κ1) is 13.2. The summed E-state index contributed by atoms with van der Waals surface area (Å²) >= 11 is 0. The zero-order valence-corrected chi connectivity index (χ0v) is 9.52. The van der Waals surface area contributed by atoms with Gasteiger partial charge in [-0.1, -0.05) is 38.2 Å². The molecule has 0 N–H and O–H groups in total. The highest BCUT2D eigenvalue weighted by Gasteiger charge is 2.08. The predicted molar refractivity (Wildman–Crippen MR) is 61.8 cm³/mol. The largest absolute Gasteiger partial charge is 0.216 e. The molecule has 0 saturated carbocycles. The highest BCUT2D eigenvalue weighted by molar-refractivity contribution is 5.15. The number of hydrogen-bond acceptors (Lipinski definition) is 0. The van der Waals surface area contributed by atoms with Crippen molar-refractivity contribution in [2.75, 3.05) is 0 Å². The van der Waals surface area contributed by atoms with E-state index >= 15 is 0 Å². The number of halogens is 1. The van der Waals surface area contributed by atoms with E-state index in [1.807, 2.05) is 6.92 Å². The number of rotatable bonds is 6. The van der Waals surface area contributed by atoms with Crippen molar-refractivity contribution in [3.05, 3.63) is 36.7 Å². The summed E-state index contributed by atoms with van der Waals surface area (Å²) in [4.78, 5) is 0. The summed E-state index contributed by atoms with van der Waals surface area (Å²) in [5.74, 6) is 0.892. The van der Waals surface area contributed by atoms with E-state index in [1.165, 1.54) is 11.6 Å². The monoisotopic (exact) mass is 196 g/mol. The fourth-order valence-electron chi connectivity index (χ4n) is 1.18. The minimum Gasteiger partial charge on any atom is -0.216 e. The Bertz CT molecular complexity index is 225. The van der Waals surface area contributed by atoms with Crippen LogP contribution in [0.3, 0.4) is 0 Å². The molecule has 80 valence electrons. The van der Waals surface area contributed by atoms with Crippen LogP contribution in [0.4, 0.5) is 4.39 Å². The molecule has 0 heterocycles. The van der Waals surface area contributed by atoms with Crippen molar-refractivity contribution < 1.29 is 4.39 Å². The molecule has 0 aliphatic rings. The van der Waals surface area contributed by atoms with E-state index < -0.39 is 0 Å². The van der Waals surface area contributed by atoms with Gasteiger partial charge in [-0.25, -0.2) is 4.39 Å².